The lowest BCUT2D eigenvalue weighted by molar-refractivity contribution is 0.0400. The van der Waals surface area contributed by atoms with Crippen molar-refractivity contribution < 1.29 is 10.2 Å². The van der Waals surface area contributed by atoms with Gasteiger partial charge in [-0.2, -0.15) is 0 Å². The van der Waals surface area contributed by atoms with Crippen LogP contribution in [-0.4, -0.2) is 46.5 Å². The van der Waals surface area contributed by atoms with E-state index in [1.54, 1.807) is 0 Å². The standard InChI is InChI=1S/C10H21NO2/c1-10(2,13)5-8-11-6-3-9(12)4-7-11/h9,12-13H,3-8H2,1-2H3. The molecule has 0 saturated carbocycles. The number of aliphatic hydroxyl groups excluding tert-OH is 1. The van der Waals surface area contributed by atoms with Crippen molar-refractivity contribution in [3.63, 3.8) is 0 Å². The molecule has 0 spiro atoms. The molecule has 0 aromatic carbocycles. The molecule has 0 unspecified atom stereocenters. The van der Waals surface area contributed by atoms with Crippen LogP contribution in [0.1, 0.15) is 33.1 Å². The van der Waals surface area contributed by atoms with Crippen LogP contribution in [0.5, 0.6) is 0 Å². The Hall–Kier alpha value is -0.120. The smallest absolute Gasteiger partial charge is 0.0603 e. The quantitative estimate of drug-likeness (QED) is 0.680. The van der Waals surface area contributed by atoms with Crippen molar-refractivity contribution in [3.8, 4) is 0 Å². The van der Waals surface area contributed by atoms with Gasteiger partial charge in [-0.3, -0.25) is 0 Å². The summed E-state index contributed by atoms with van der Waals surface area (Å²) in [4.78, 5) is 2.31. The van der Waals surface area contributed by atoms with Gasteiger partial charge < -0.3 is 15.1 Å². The molecular formula is C10H21NO2. The van der Waals surface area contributed by atoms with Gasteiger partial charge in [0.1, 0.15) is 0 Å². The highest BCUT2D eigenvalue weighted by Gasteiger charge is 2.19. The summed E-state index contributed by atoms with van der Waals surface area (Å²) in [6.07, 6.45) is 2.47. The van der Waals surface area contributed by atoms with Crippen LogP contribution in [0.25, 0.3) is 0 Å². The molecule has 1 aliphatic heterocycles. The van der Waals surface area contributed by atoms with Crippen molar-refractivity contribution >= 4 is 0 Å². The SMILES string of the molecule is CC(C)(O)CCN1CCC(O)CC1. The average Bonchev–Trinajstić information content (AvgIpc) is 2.02. The van der Waals surface area contributed by atoms with E-state index in [2.05, 4.69) is 4.90 Å². The first-order valence-electron chi connectivity index (χ1n) is 5.10. The fourth-order valence-electron chi connectivity index (χ4n) is 1.57. The average molecular weight is 187 g/mol. The fraction of sp³-hybridized carbons (Fsp3) is 1.00. The predicted octanol–water partition coefficient (Wildman–Crippen LogP) is 0.604. The van der Waals surface area contributed by atoms with Crippen LogP contribution in [0.15, 0.2) is 0 Å². The molecule has 2 N–H and O–H groups in total. The van der Waals surface area contributed by atoms with E-state index in [1.165, 1.54) is 0 Å². The van der Waals surface area contributed by atoms with E-state index in [0.29, 0.717) is 0 Å². The summed E-state index contributed by atoms with van der Waals surface area (Å²) in [7, 11) is 0. The van der Waals surface area contributed by atoms with E-state index in [-0.39, 0.29) is 6.10 Å². The maximum Gasteiger partial charge on any atom is 0.0603 e. The summed E-state index contributed by atoms with van der Waals surface area (Å²) in [6, 6.07) is 0. The zero-order valence-corrected chi connectivity index (χ0v) is 8.66. The van der Waals surface area contributed by atoms with Gasteiger partial charge in [-0.15, -0.1) is 0 Å². The lowest BCUT2D eigenvalue weighted by Gasteiger charge is -2.31. The maximum absolute atomic E-state index is 9.52. The van der Waals surface area contributed by atoms with Crippen molar-refractivity contribution in [3.05, 3.63) is 0 Å². The van der Waals surface area contributed by atoms with Crippen molar-refractivity contribution in [2.75, 3.05) is 19.6 Å². The van der Waals surface area contributed by atoms with Gasteiger partial charge in [-0.05, 0) is 33.1 Å². The van der Waals surface area contributed by atoms with Gasteiger partial charge in [0.2, 0.25) is 0 Å². The number of hydrogen-bond donors (Lipinski definition) is 2. The van der Waals surface area contributed by atoms with Crippen LogP contribution in [0.3, 0.4) is 0 Å². The molecule has 0 aromatic rings. The molecule has 0 aromatic heterocycles. The zero-order chi connectivity index (χ0) is 9.90. The molecule has 1 rings (SSSR count). The van der Waals surface area contributed by atoms with Crippen molar-refractivity contribution in [1.82, 2.24) is 4.90 Å². The van der Waals surface area contributed by atoms with E-state index < -0.39 is 5.60 Å². The summed E-state index contributed by atoms with van der Waals surface area (Å²) < 4.78 is 0. The van der Waals surface area contributed by atoms with Gasteiger partial charge in [-0.1, -0.05) is 0 Å². The normalized spacial score (nSPS) is 22.2. The first-order chi connectivity index (χ1) is 5.97. The molecule has 1 fully saturated rings. The summed E-state index contributed by atoms with van der Waals surface area (Å²) >= 11 is 0. The molecule has 1 aliphatic rings. The number of aliphatic hydroxyl groups is 2. The second kappa shape index (κ2) is 4.40. The fourth-order valence-corrected chi connectivity index (χ4v) is 1.57. The molecule has 3 heteroatoms. The highest BCUT2D eigenvalue weighted by atomic mass is 16.3. The lowest BCUT2D eigenvalue weighted by Crippen LogP contribution is -2.38. The number of rotatable bonds is 3. The van der Waals surface area contributed by atoms with Crippen molar-refractivity contribution in [2.45, 2.75) is 44.8 Å². The highest BCUT2D eigenvalue weighted by Crippen LogP contribution is 2.13. The molecule has 0 aliphatic carbocycles. The molecule has 1 heterocycles. The van der Waals surface area contributed by atoms with E-state index in [9.17, 15) is 10.2 Å². The summed E-state index contributed by atoms with van der Waals surface area (Å²) in [6.45, 7) is 6.56. The van der Waals surface area contributed by atoms with Gasteiger partial charge in [-0.25, -0.2) is 0 Å². The predicted molar refractivity (Wildman–Crippen MR) is 52.6 cm³/mol. The Kier molecular flexibility index (Phi) is 3.71. The Balaban J connectivity index is 2.16. The van der Waals surface area contributed by atoms with E-state index in [1.807, 2.05) is 13.8 Å². The monoisotopic (exact) mass is 187 g/mol. The third kappa shape index (κ3) is 4.60. The number of piperidine rings is 1. The van der Waals surface area contributed by atoms with Gasteiger partial charge in [0, 0.05) is 19.6 Å². The molecule has 13 heavy (non-hydrogen) atoms. The third-order valence-electron chi connectivity index (χ3n) is 2.60. The molecule has 78 valence electrons. The zero-order valence-electron chi connectivity index (χ0n) is 8.66. The van der Waals surface area contributed by atoms with Crippen LogP contribution in [0.4, 0.5) is 0 Å². The maximum atomic E-state index is 9.52. The van der Waals surface area contributed by atoms with Crippen LogP contribution in [-0.2, 0) is 0 Å². The summed E-state index contributed by atoms with van der Waals surface area (Å²) in [5.41, 5.74) is -0.559. The molecule has 3 nitrogen and oxygen atoms in total. The van der Waals surface area contributed by atoms with Gasteiger partial charge in [0.15, 0.2) is 0 Å². The molecule has 0 atom stereocenters. The molecule has 0 amide bonds. The number of likely N-dealkylation sites (tertiary alicyclic amines) is 1. The number of hydrogen-bond acceptors (Lipinski definition) is 3. The second-order valence-corrected chi connectivity index (χ2v) is 4.64. The van der Waals surface area contributed by atoms with Crippen molar-refractivity contribution in [1.29, 1.82) is 0 Å². The van der Waals surface area contributed by atoms with Gasteiger partial charge in [0.25, 0.3) is 0 Å². The first-order valence-corrected chi connectivity index (χ1v) is 5.10. The molecule has 0 bridgehead atoms. The van der Waals surface area contributed by atoms with Gasteiger partial charge >= 0.3 is 0 Å². The summed E-state index contributed by atoms with van der Waals surface area (Å²) in [5, 5.41) is 18.8. The number of nitrogens with zero attached hydrogens (tertiary/aromatic N) is 1. The highest BCUT2D eigenvalue weighted by molar-refractivity contribution is 4.74. The van der Waals surface area contributed by atoms with E-state index in [0.717, 1.165) is 38.9 Å². The minimum Gasteiger partial charge on any atom is -0.393 e. The Morgan fingerprint density at radius 1 is 1.31 bits per heavy atom. The Morgan fingerprint density at radius 2 is 1.85 bits per heavy atom. The van der Waals surface area contributed by atoms with Crippen LogP contribution < -0.4 is 0 Å². The van der Waals surface area contributed by atoms with Crippen LogP contribution in [0.2, 0.25) is 0 Å². The lowest BCUT2D eigenvalue weighted by atomic mass is 10.0. The second-order valence-electron chi connectivity index (χ2n) is 4.64. The summed E-state index contributed by atoms with van der Waals surface area (Å²) in [5.74, 6) is 0. The molecule has 0 radical (unpaired) electrons. The molecular weight excluding hydrogens is 166 g/mol. The largest absolute Gasteiger partial charge is 0.393 e. The molecule has 1 saturated heterocycles. The Bertz CT molecular complexity index is 145. The van der Waals surface area contributed by atoms with E-state index >= 15 is 0 Å². The van der Waals surface area contributed by atoms with Gasteiger partial charge in [0.05, 0.1) is 11.7 Å². The minimum atomic E-state index is -0.559. The first kappa shape index (κ1) is 11.0. The minimum absolute atomic E-state index is 0.0987. The van der Waals surface area contributed by atoms with Crippen LogP contribution in [0, 0.1) is 0 Å². The third-order valence-corrected chi connectivity index (χ3v) is 2.60. The Labute approximate surface area is 80.4 Å². The van der Waals surface area contributed by atoms with Crippen LogP contribution >= 0.6 is 0 Å². The topological polar surface area (TPSA) is 43.7 Å². The van der Waals surface area contributed by atoms with E-state index in [4.69, 9.17) is 0 Å². The Morgan fingerprint density at radius 3 is 2.31 bits per heavy atom. The van der Waals surface area contributed by atoms with Crippen molar-refractivity contribution in [2.24, 2.45) is 0 Å².